The van der Waals surface area contributed by atoms with E-state index < -0.39 is 10.9 Å². The highest BCUT2D eigenvalue weighted by Crippen LogP contribution is 2.22. The number of carbonyl (C=O) groups excluding carboxylic acids is 1. The summed E-state index contributed by atoms with van der Waals surface area (Å²) in [6, 6.07) is 10.4. The summed E-state index contributed by atoms with van der Waals surface area (Å²) >= 11 is 0. The molecule has 5 rings (SSSR count). The molecule has 4 aromatic rings. The lowest BCUT2D eigenvalue weighted by molar-refractivity contribution is -0.384. The van der Waals surface area contributed by atoms with E-state index in [0.717, 1.165) is 37.9 Å². The largest absolute Gasteiger partial charge is 0.452 e. The Morgan fingerprint density at radius 3 is 2.69 bits per heavy atom. The molecule has 0 saturated carbocycles. The van der Waals surface area contributed by atoms with Gasteiger partial charge in [-0.15, -0.1) is 10.2 Å². The first-order valence-corrected chi connectivity index (χ1v) is 11.3. The minimum atomic E-state index is -0.615. The van der Waals surface area contributed by atoms with Crippen LogP contribution in [0.2, 0.25) is 0 Å². The van der Waals surface area contributed by atoms with Crippen molar-refractivity contribution in [2.24, 2.45) is 0 Å². The van der Waals surface area contributed by atoms with E-state index in [0.29, 0.717) is 23.0 Å². The Balaban J connectivity index is 1.30. The van der Waals surface area contributed by atoms with Crippen molar-refractivity contribution in [2.45, 2.75) is 45.3 Å². The second-order valence-electron chi connectivity index (χ2n) is 8.26. The van der Waals surface area contributed by atoms with Gasteiger partial charge in [-0.25, -0.2) is 9.78 Å². The van der Waals surface area contributed by atoms with Crippen LogP contribution < -0.4 is 5.56 Å². The van der Waals surface area contributed by atoms with E-state index in [2.05, 4.69) is 15.2 Å². The first-order chi connectivity index (χ1) is 17.0. The molecule has 1 aliphatic rings. The first kappa shape index (κ1) is 22.4. The number of nitrogens with zero attached hydrogens (tertiary/aromatic N) is 5. The molecule has 0 bridgehead atoms. The molecule has 11 nitrogen and oxygen atoms in total. The van der Waals surface area contributed by atoms with Crippen LogP contribution >= 0.6 is 0 Å². The van der Waals surface area contributed by atoms with Gasteiger partial charge in [0.1, 0.15) is 5.82 Å². The molecule has 0 saturated heterocycles. The van der Waals surface area contributed by atoms with E-state index in [-0.39, 0.29) is 35.2 Å². The van der Waals surface area contributed by atoms with Crippen molar-refractivity contribution in [1.82, 2.24) is 19.7 Å². The van der Waals surface area contributed by atoms with E-state index in [1.807, 2.05) is 0 Å². The number of aryl methyl sites for hydroxylation is 1. The molecule has 1 aliphatic heterocycles. The van der Waals surface area contributed by atoms with Crippen LogP contribution in [0.5, 0.6) is 0 Å². The Hall–Kier alpha value is -4.41. The van der Waals surface area contributed by atoms with Crippen LogP contribution in [-0.4, -0.2) is 30.6 Å². The number of aromatic nitrogens is 4. The molecular weight excluding hydrogens is 454 g/mol. The Morgan fingerprint density at radius 2 is 1.89 bits per heavy atom. The molecule has 0 spiro atoms. The van der Waals surface area contributed by atoms with Crippen LogP contribution in [0.3, 0.4) is 0 Å². The van der Waals surface area contributed by atoms with Gasteiger partial charge in [-0.1, -0.05) is 12.8 Å². The molecule has 0 aliphatic carbocycles. The van der Waals surface area contributed by atoms with Crippen LogP contribution in [0.4, 0.5) is 5.69 Å². The van der Waals surface area contributed by atoms with Gasteiger partial charge in [-0.2, -0.15) is 0 Å². The third-order valence-corrected chi connectivity index (χ3v) is 5.92. The van der Waals surface area contributed by atoms with Gasteiger partial charge >= 0.3 is 5.97 Å². The number of esters is 1. The zero-order chi connectivity index (χ0) is 24.4. The van der Waals surface area contributed by atoms with E-state index in [9.17, 15) is 19.7 Å². The van der Waals surface area contributed by atoms with E-state index in [4.69, 9.17) is 9.15 Å². The van der Waals surface area contributed by atoms with Crippen LogP contribution in [0.1, 0.15) is 47.8 Å². The molecule has 178 valence electrons. The van der Waals surface area contributed by atoms with Gasteiger partial charge in [0.2, 0.25) is 5.89 Å². The Bertz CT molecular complexity index is 1470. The summed E-state index contributed by atoms with van der Waals surface area (Å²) in [5.74, 6) is 0.357. The fourth-order valence-electron chi connectivity index (χ4n) is 4.09. The van der Waals surface area contributed by atoms with Crippen LogP contribution in [0.25, 0.3) is 22.4 Å². The summed E-state index contributed by atoms with van der Waals surface area (Å²) in [7, 11) is 0. The van der Waals surface area contributed by atoms with E-state index >= 15 is 0 Å². The maximum absolute atomic E-state index is 12.9. The zero-order valence-electron chi connectivity index (χ0n) is 18.7. The number of rotatable bonds is 5. The summed E-state index contributed by atoms with van der Waals surface area (Å²) in [6.45, 7) is 0.407. The normalized spacial score (nSPS) is 13.6. The third-order valence-electron chi connectivity index (χ3n) is 5.92. The van der Waals surface area contributed by atoms with Crippen molar-refractivity contribution < 1.29 is 18.9 Å². The maximum atomic E-state index is 12.9. The van der Waals surface area contributed by atoms with Crippen LogP contribution in [0, 0.1) is 10.1 Å². The molecule has 0 fully saturated rings. The van der Waals surface area contributed by atoms with Gasteiger partial charge in [0.25, 0.3) is 17.1 Å². The Kier molecular flexibility index (Phi) is 6.04. The van der Waals surface area contributed by atoms with Crippen LogP contribution in [-0.2, 0) is 24.3 Å². The van der Waals surface area contributed by atoms with Gasteiger partial charge in [-0.3, -0.25) is 19.5 Å². The third kappa shape index (κ3) is 4.65. The summed E-state index contributed by atoms with van der Waals surface area (Å²) in [5, 5.41) is 19.0. The number of fused-ring (bicyclic) bond motifs is 2. The number of hydrogen-bond acceptors (Lipinski definition) is 9. The number of benzene rings is 2. The lowest BCUT2D eigenvalue weighted by Crippen LogP contribution is -2.26. The molecule has 0 unspecified atom stereocenters. The molecule has 2 aromatic carbocycles. The average molecular weight is 475 g/mol. The summed E-state index contributed by atoms with van der Waals surface area (Å²) in [5.41, 5.74) is 1.09. The van der Waals surface area contributed by atoms with Crippen LogP contribution in [0.15, 0.2) is 51.7 Å². The smallest absolute Gasteiger partial charge is 0.338 e. The van der Waals surface area contributed by atoms with Crippen molar-refractivity contribution >= 4 is 22.6 Å². The fourth-order valence-corrected chi connectivity index (χ4v) is 4.09. The fraction of sp³-hybridized carbons (Fsp3) is 0.292. The Labute approximate surface area is 198 Å². The molecule has 3 heterocycles. The molecule has 0 atom stereocenters. The quantitative estimate of drug-likeness (QED) is 0.239. The second kappa shape index (κ2) is 9.45. The maximum Gasteiger partial charge on any atom is 0.338 e. The molecule has 35 heavy (non-hydrogen) atoms. The number of non-ortho nitro benzene ring substituents is 1. The lowest BCUT2D eigenvalue weighted by Gasteiger charge is -2.16. The second-order valence-corrected chi connectivity index (χ2v) is 8.26. The molecular formula is C24H21N5O6. The molecule has 0 amide bonds. The van der Waals surface area contributed by atoms with Crippen molar-refractivity contribution in [3.8, 4) is 11.5 Å². The summed E-state index contributed by atoms with van der Waals surface area (Å²) in [4.78, 5) is 40.5. The van der Waals surface area contributed by atoms with Gasteiger partial charge in [0.05, 0.1) is 21.4 Å². The minimum absolute atomic E-state index is 0.0541. The molecule has 2 aromatic heterocycles. The molecule has 11 heteroatoms. The number of hydrogen-bond donors (Lipinski definition) is 0. The number of nitro groups is 1. The van der Waals surface area contributed by atoms with Crippen molar-refractivity contribution in [2.75, 3.05) is 0 Å². The predicted octanol–water partition coefficient (Wildman–Crippen LogP) is 3.83. The Morgan fingerprint density at radius 1 is 1.09 bits per heavy atom. The molecule has 0 radical (unpaired) electrons. The van der Waals surface area contributed by atoms with Crippen molar-refractivity contribution in [1.29, 1.82) is 0 Å². The first-order valence-electron chi connectivity index (χ1n) is 11.3. The molecule has 0 N–H and O–H groups in total. The van der Waals surface area contributed by atoms with Gasteiger partial charge in [0.15, 0.2) is 6.61 Å². The van der Waals surface area contributed by atoms with Crippen molar-refractivity contribution in [3.05, 3.63) is 80.2 Å². The zero-order valence-corrected chi connectivity index (χ0v) is 18.7. The average Bonchev–Trinajstić information content (AvgIpc) is 3.32. The number of carbonyl (C=O) groups is 1. The number of nitro benzene ring substituents is 1. The van der Waals surface area contributed by atoms with Gasteiger partial charge < -0.3 is 9.15 Å². The summed E-state index contributed by atoms with van der Waals surface area (Å²) in [6.07, 6.45) is 4.87. The topological polar surface area (TPSA) is 143 Å². The van der Waals surface area contributed by atoms with E-state index in [1.165, 1.54) is 24.3 Å². The summed E-state index contributed by atoms with van der Waals surface area (Å²) < 4.78 is 12.6. The SMILES string of the molecule is O=C(OCc1nnc(-c2ccc([N+](=O)[O-])cc2)o1)c1ccc2c(=O)n3c(nc2c1)CCCCCC3. The lowest BCUT2D eigenvalue weighted by atomic mass is 10.1. The highest BCUT2D eigenvalue weighted by Gasteiger charge is 2.17. The van der Waals surface area contributed by atoms with Gasteiger partial charge in [0, 0.05) is 30.7 Å². The van der Waals surface area contributed by atoms with E-state index in [1.54, 1.807) is 22.8 Å². The van der Waals surface area contributed by atoms with Crippen molar-refractivity contribution in [3.63, 3.8) is 0 Å². The van der Waals surface area contributed by atoms with Gasteiger partial charge in [-0.05, 0) is 43.2 Å². The highest BCUT2D eigenvalue weighted by molar-refractivity contribution is 5.94. The monoisotopic (exact) mass is 475 g/mol. The highest BCUT2D eigenvalue weighted by atomic mass is 16.6. The number of ether oxygens (including phenoxy) is 1. The standard InChI is InChI=1S/C24H21N5O6/c30-23-18-11-8-16(13-19(18)25-20-5-3-1-2-4-12-28(20)23)24(31)34-14-21-26-27-22(35-21)15-6-9-17(10-7-15)29(32)33/h6-11,13H,1-5,12,14H2. The minimum Gasteiger partial charge on any atom is -0.452 e. The predicted molar refractivity (Wildman–Crippen MR) is 124 cm³/mol.